The molecule has 8 nitrogen and oxygen atoms in total. The van der Waals surface area contributed by atoms with Crippen LogP contribution in [0.2, 0.25) is 0 Å². The summed E-state index contributed by atoms with van der Waals surface area (Å²) in [5.74, 6) is 1.55. The molecule has 0 aliphatic carbocycles. The third kappa shape index (κ3) is 5.48. The van der Waals surface area contributed by atoms with Gasteiger partial charge in [-0.25, -0.2) is 9.97 Å². The predicted molar refractivity (Wildman–Crippen MR) is 120 cm³/mol. The van der Waals surface area contributed by atoms with Gasteiger partial charge in [-0.1, -0.05) is 39.0 Å². The first-order chi connectivity index (χ1) is 14.8. The number of hydrogen-bond acceptors (Lipinski definition) is 6. The molecule has 0 fully saturated rings. The van der Waals surface area contributed by atoms with E-state index in [0.717, 1.165) is 11.3 Å². The summed E-state index contributed by atoms with van der Waals surface area (Å²) in [6.07, 6.45) is 7.14. The maximum absolute atomic E-state index is 12.6. The van der Waals surface area contributed by atoms with E-state index in [0.29, 0.717) is 23.3 Å². The van der Waals surface area contributed by atoms with Crippen molar-refractivity contribution in [2.24, 2.45) is 0 Å². The smallest absolute Gasteiger partial charge is 0.263 e. The van der Waals surface area contributed by atoms with Gasteiger partial charge in [-0.3, -0.25) is 4.79 Å². The molecule has 0 bridgehead atoms. The molecule has 3 rings (SSSR count). The molecule has 0 saturated heterocycles. The van der Waals surface area contributed by atoms with Crippen molar-refractivity contribution in [1.29, 1.82) is 0 Å². The summed E-state index contributed by atoms with van der Waals surface area (Å²) in [5.41, 5.74) is 1.58. The van der Waals surface area contributed by atoms with Crippen LogP contribution in [0.25, 0.3) is 12.0 Å². The Morgan fingerprint density at radius 2 is 1.90 bits per heavy atom. The van der Waals surface area contributed by atoms with E-state index in [1.54, 1.807) is 31.6 Å². The number of aromatic nitrogens is 4. The van der Waals surface area contributed by atoms with Crippen molar-refractivity contribution in [3.8, 4) is 17.4 Å². The molecule has 0 atom stereocenters. The molecule has 0 unspecified atom stereocenters. The minimum Gasteiger partial charge on any atom is -0.493 e. The van der Waals surface area contributed by atoms with Gasteiger partial charge in [0.25, 0.3) is 11.9 Å². The van der Waals surface area contributed by atoms with Gasteiger partial charge < -0.3 is 14.8 Å². The monoisotopic (exact) mass is 421 g/mol. The van der Waals surface area contributed by atoms with Crippen LogP contribution >= 0.6 is 0 Å². The molecular formula is C23H27N5O3. The number of methoxy groups -OCH3 is 1. The second kappa shape index (κ2) is 9.42. The number of rotatable bonds is 7. The summed E-state index contributed by atoms with van der Waals surface area (Å²) in [5, 5.41) is 7.43. The molecule has 0 radical (unpaired) electrons. The zero-order valence-corrected chi connectivity index (χ0v) is 18.4. The Kier molecular flexibility index (Phi) is 6.69. The van der Waals surface area contributed by atoms with Crippen molar-refractivity contribution in [3.63, 3.8) is 0 Å². The maximum Gasteiger partial charge on any atom is 0.263 e. The molecule has 0 aliphatic rings. The fourth-order valence-corrected chi connectivity index (χ4v) is 2.81. The van der Waals surface area contributed by atoms with Gasteiger partial charge in [0.05, 0.1) is 12.8 Å². The third-order valence-electron chi connectivity index (χ3n) is 4.39. The van der Waals surface area contributed by atoms with E-state index in [1.165, 1.54) is 4.68 Å². The van der Waals surface area contributed by atoms with Gasteiger partial charge in [0.1, 0.15) is 5.82 Å². The lowest BCUT2D eigenvalue weighted by atomic mass is 9.92. The SMILES string of the molecule is C/C=C/c1ccc(OCC(=O)Nc2cc(C(C)(C)C)nn2-c2ncccn2)c(OC)c1. The standard InChI is InChI=1S/C23H27N5O3/c1-6-8-16-9-10-17(18(13-16)30-5)31-15-21(29)26-20-14-19(23(2,3)4)27-28(20)22-24-11-7-12-25-22/h6-14H,15H2,1-5H3,(H,26,29)/b8-6+. The van der Waals surface area contributed by atoms with Gasteiger partial charge in [0.15, 0.2) is 18.1 Å². The van der Waals surface area contributed by atoms with Crippen molar-refractivity contribution in [1.82, 2.24) is 19.7 Å². The number of nitrogens with one attached hydrogen (secondary N) is 1. The van der Waals surface area contributed by atoms with E-state index >= 15 is 0 Å². The minimum atomic E-state index is -0.336. The van der Waals surface area contributed by atoms with E-state index in [4.69, 9.17) is 9.47 Å². The number of ether oxygens (including phenoxy) is 2. The minimum absolute atomic E-state index is 0.189. The lowest BCUT2D eigenvalue weighted by Crippen LogP contribution is -2.22. The molecule has 1 aromatic carbocycles. The number of benzene rings is 1. The number of nitrogens with zero attached hydrogens (tertiary/aromatic N) is 4. The number of allylic oxidation sites excluding steroid dienone is 1. The quantitative estimate of drug-likeness (QED) is 0.620. The van der Waals surface area contributed by atoms with Crippen LogP contribution in [0.15, 0.2) is 48.8 Å². The van der Waals surface area contributed by atoms with Crippen LogP contribution in [0.5, 0.6) is 11.5 Å². The molecule has 0 spiro atoms. The van der Waals surface area contributed by atoms with E-state index in [-0.39, 0.29) is 17.9 Å². The molecular weight excluding hydrogens is 394 g/mol. The first-order valence-electron chi connectivity index (χ1n) is 9.93. The van der Waals surface area contributed by atoms with Gasteiger partial charge in [-0.2, -0.15) is 9.78 Å². The van der Waals surface area contributed by atoms with E-state index in [9.17, 15) is 4.79 Å². The van der Waals surface area contributed by atoms with E-state index < -0.39 is 0 Å². The summed E-state index contributed by atoms with van der Waals surface area (Å²) in [7, 11) is 1.56. The number of hydrogen-bond donors (Lipinski definition) is 1. The molecule has 0 saturated carbocycles. The van der Waals surface area contributed by atoms with Crippen molar-refractivity contribution in [2.45, 2.75) is 33.1 Å². The van der Waals surface area contributed by atoms with Crippen molar-refractivity contribution >= 4 is 17.8 Å². The Morgan fingerprint density at radius 1 is 1.16 bits per heavy atom. The Morgan fingerprint density at radius 3 is 2.55 bits per heavy atom. The van der Waals surface area contributed by atoms with Crippen LogP contribution in [-0.4, -0.2) is 39.4 Å². The summed E-state index contributed by atoms with van der Waals surface area (Å²) in [4.78, 5) is 21.1. The fraction of sp³-hybridized carbons (Fsp3) is 0.304. The molecule has 2 heterocycles. The number of amides is 1. The molecule has 2 aromatic heterocycles. The maximum atomic E-state index is 12.6. The van der Waals surface area contributed by atoms with Crippen molar-refractivity contribution in [2.75, 3.05) is 19.0 Å². The Balaban J connectivity index is 1.77. The van der Waals surface area contributed by atoms with Gasteiger partial charge in [-0.15, -0.1) is 0 Å². The Bertz CT molecular complexity index is 1070. The van der Waals surface area contributed by atoms with Crippen LogP contribution in [0.4, 0.5) is 5.82 Å². The largest absolute Gasteiger partial charge is 0.493 e. The number of carbonyl (C=O) groups is 1. The second-order valence-electron chi connectivity index (χ2n) is 7.87. The van der Waals surface area contributed by atoms with Crippen LogP contribution in [0.1, 0.15) is 39.0 Å². The van der Waals surface area contributed by atoms with Crippen molar-refractivity contribution < 1.29 is 14.3 Å². The lowest BCUT2D eigenvalue weighted by molar-refractivity contribution is -0.118. The van der Waals surface area contributed by atoms with Crippen LogP contribution < -0.4 is 14.8 Å². The molecule has 0 aliphatic heterocycles. The predicted octanol–water partition coefficient (Wildman–Crippen LogP) is 4.02. The third-order valence-corrected chi connectivity index (χ3v) is 4.39. The highest BCUT2D eigenvalue weighted by Crippen LogP contribution is 2.29. The highest BCUT2D eigenvalue weighted by atomic mass is 16.5. The number of anilines is 1. The first-order valence-corrected chi connectivity index (χ1v) is 9.93. The number of carbonyl (C=O) groups excluding carboxylic acids is 1. The fourth-order valence-electron chi connectivity index (χ4n) is 2.81. The normalized spacial score (nSPS) is 11.5. The Hall–Kier alpha value is -3.68. The molecule has 3 aromatic rings. The van der Waals surface area contributed by atoms with Gasteiger partial charge in [0, 0.05) is 23.9 Å². The van der Waals surface area contributed by atoms with Crippen LogP contribution in [-0.2, 0) is 10.2 Å². The summed E-state index contributed by atoms with van der Waals surface area (Å²) in [6, 6.07) is 9.07. The average molecular weight is 422 g/mol. The van der Waals surface area contributed by atoms with Crippen molar-refractivity contribution in [3.05, 3.63) is 60.1 Å². The van der Waals surface area contributed by atoms with Crippen LogP contribution in [0.3, 0.4) is 0 Å². The van der Waals surface area contributed by atoms with Gasteiger partial charge in [0.2, 0.25) is 0 Å². The summed E-state index contributed by atoms with van der Waals surface area (Å²) < 4.78 is 12.6. The Labute approximate surface area is 181 Å². The topological polar surface area (TPSA) is 91.2 Å². The molecule has 31 heavy (non-hydrogen) atoms. The van der Waals surface area contributed by atoms with Gasteiger partial charge in [-0.05, 0) is 30.7 Å². The zero-order chi connectivity index (χ0) is 22.4. The zero-order valence-electron chi connectivity index (χ0n) is 18.4. The van der Waals surface area contributed by atoms with E-state index in [1.807, 2.05) is 58.0 Å². The molecule has 1 N–H and O–H groups in total. The molecule has 1 amide bonds. The average Bonchev–Trinajstić information content (AvgIpc) is 3.18. The second-order valence-corrected chi connectivity index (χ2v) is 7.87. The van der Waals surface area contributed by atoms with E-state index in [2.05, 4.69) is 20.4 Å². The summed E-state index contributed by atoms with van der Waals surface area (Å²) in [6.45, 7) is 7.89. The lowest BCUT2D eigenvalue weighted by Gasteiger charge is -2.13. The first kappa shape index (κ1) is 22.0. The van der Waals surface area contributed by atoms with Crippen LogP contribution in [0, 0.1) is 0 Å². The van der Waals surface area contributed by atoms with Gasteiger partial charge >= 0.3 is 0 Å². The molecule has 162 valence electrons. The highest BCUT2D eigenvalue weighted by molar-refractivity contribution is 5.91. The summed E-state index contributed by atoms with van der Waals surface area (Å²) >= 11 is 0. The highest BCUT2D eigenvalue weighted by Gasteiger charge is 2.22. The molecule has 8 heteroatoms.